The number of hydrogen-bond donors (Lipinski definition) is 0. The average Bonchev–Trinajstić information content (AvgIpc) is 1.59. The molecule has 0 fully saturated rings. The van der Waals surface area contributed by atoms with Crippen LogP contribution in [0.1, 0.15) is 6.92 Å². The van der Waals surface area contributed by atoms with E-state index < -0.39 is 8.07 Å². The maximum atomic E-state index is 5.23. The lowest BCUT2D eigenvalue weighted by Crippen LogP contribution is -2.16. The first kappa shape index (κ1) is 10.2. The van der Waals surface area contributed by atoms with Crippen molar-refractivity contribution in [2.45, 2.75) is 26.6 Å². The Morgan fingerprint density at radius 3 is 2.30 bits per heavy atom. The van der Waals surface area contributed by atoms with Crippen LogP contribution in [0.2, 0.25) is 19.6 Å². The van der Waals surface area contributed by atoms with Crippen molar-refractivity contribution in [2.24, 2.45) is 0 Å². The Morgan fingerprint density at radius 1 is 1.50 bits per heavy atom. The van der Waals surface area contributed by atoms with Gasteiger partial charge in [0.1, 0.15) is 0 Å². The van der Waals surface area contributed by atoms with Gasteiger partial charge >= 0.3 is 0 Å². The Bertz CT molecular complexity index is 126. The highest BCUT2D eigenvalue weighted by molar-refractivity contribution is 9.11. The standard InChI is InChI=1S/C7H15BrOSi/c1-5-9-7(8)6-10(2,3)4/h6H,5H2,1-4H3/b7-6+. The zero-order chi connectivity index (χ0) is 8.20. The van der Waals surface area contributed by atoms with E-state index in [4.69, 9.17) is 4.74 Å². The van der Waals surface area contributed by atoms with E-state index >= 15 is 0 Å². The molecule has 0 atom stereocenters. The zero-order valence-corrected chi connectivity index (χ0v) is 9.66. The Kier molecular flexibility index (Phi) is 4.28. The monoisotopic (exact) mass is 222 g/mol. The molecule has 0 aliphatic carbocycles. The Hall–Kier alpha value is 0.237. The summed E-state index contributed by atoms with van der Waals surface area (Å²) in [7, 11) is -1.09. The largest absolute Gasteiger partial charge is 0.488 e. The highest BCUT2D eigenvalue weighted by Gasteiger charge is 2.09. The predicted octanol–water partition coefficient (Wildman–Crippen LogP) is 3.14. The molecular formula is C7H15BrOSi. The van der Waals surface area contributed by atoms with Gasteiger partial charge in [0.25, 0.3) is 0 Å². The molecule has 0 aromatic heterocycles. The van der Waals surface area contributed by atoms with E-state index in [9.17, 15) is 0 Å². The summed E-state index contributed by atoms with van der Waals surface area (Å²) >= 11 is 3.35. The maximum absolute atomic E-state index is 5.23. The van der Waals surface area contributed by atoms with Crippen molar-refractivity contribution >= 4 is 24.0 Å². The number of rotatable bonds is 3. The Labute approximate surface area is 72.6 Å². The lowest BCUT2D eigenvalue weighted by Gasteiger charge is -2.10. The fourth-order valence-electron chi connectivity index (χ4n) is 0.520. The first-order chi connectivity index (χ1) is 4.45. The molecule has 60 valence electrons. The molecule has 0 aliphatic heterocycles. The molecule has 0 rings (SSSR count). The molecule has 0 radical (unpaired) electrons. The zero-order valence-electron chi connectivity index (χ0n) is 7.07. The van der Waals surface area contributed by atoms with E-state index in [1.807, 2.05) is 6.92 Å². The van der Waals surface area contributed by atoms with Crippen LogP contribution in [-0.2, 0) is 4.74 Å². The van der Waals surface area contributed by atoms with Crippen molar-refractivity contribution < 1.29 is 4.74 Å². The Morgan fingerprint density at radius 2 is 2.00 bits per heavy atom. The van der Waals surface area contributed by atoms with Crippen molar-refractivity contribution in [1.29, 1.82) is 0 Å². The van der Waals surface area contributed by atoms with Gasteiger partial charge in [-0.15, -0.1) is 0 Å². The van der Waals surface area contributed by atoms with Gasteiger partial charge in [-0.2, -0.15) is 0 Å². The minimum absolute atomic E-state index is 0.738. The number of hydrogen-bond acceptors (Lipinski definition) is 1. The third-order valence-electron chi connectivity index (χ3n) is 0.829. The molecule has 0 aliphatic rings. The van der Waals surface area contributed by atoms with Crippen molar-refractivity contribution in [2.75, 3.05) is 6.61 Å². The maximum Gasteiger partial charge on any atom is 0.154 e. The van der Waals surface area contributed by atoms with E-state index in [0.29, 0.717) is 0 Å². The van der Waals surface area contributed by atoms with E-state index in [-0.39, 0.29) is 0 Å². The van der Waals surface area contributed by atoms with Crippen LogP contribution in [0.5, 0.6) is 0 Å². The summed E-state index contributed by atoms with van der Waals surface area (Å²) in [4.78, 5) is 0. The second kappa shape index (κ2) is 4.19. The molecule has 3 heteroatoms. The van der Waals surface area contributed by atoms with Crippen molar-refractivity contribution in [3.8, 4) is 0 Å². The highest BCUT2D eigenvalue weighted by atomic mass is 79.9. The molecule has 10 heavy (non-hydrogen) atoms. The molecule has 0 saturated heterocycles. The van der Waals surface area contributed by atoms with Gasteiger partial charge in [0, 0.05) is 0 Å². The quantitative estimate of drug-likeness (QED) is 0.527. The first-order valence-electron chi connectivity index (χ1n) is 3.47. The fraction of sp³-hybridized carbons (Fsp3) is 0.714. The van der Waals surface area contributed by atoms with Crippen molar-refractivity contribution in [1.82, 2.24) is 0 Å². The van der Waals surface area contributed by atoms with Gasteiger partial charge in [-0.25, -0.2) is 0 Å². The van der Waals surface area contributed by atoms with E-state index in [1.54, 1.807) is 0 Å². The average molecular weight is 223 g/mol. The summed E-state index contributed by atoms with van der Waals surface area (Å²) in [6.07, 6.45) is 0. The Balaban J connectivity index is 3.90. The van der Waals surface area contributed by atoms with Gasteiger partial charge in [0.15, 0.2) is 4.67 Å². The lowest BCUT2D eigenvalue weighted by molar-refractivity contribution is 0.261. The molecule has 1 nitrogen and oxygen atoms in total. The second-order valence-corrected chi connectivity index (χ2v) is 9.05. The normalized spacial score (nSPS) is 13.5. The predicted molar refractivity (Wildman–Crippen MR) is 52.0 cm³/mol. The summed E-state index contributed by atoms with van der Waals surface area (Å²) < 4.78 is 6.13. The fourth-order valence-corrected chi connectivity index (χ4v) is 3.57. The van der Waals surface area contributed by atoms with E-state index in [1.165, 1.54) is 0 Å². The molecule has 0 spiro atoms. The molecule has 0 heterocycles. The molecule has 0 aromatic carbocycles. The van der Waals surface area contributed by atoms with E-state index in [2.05, 4.69) is 41.3 Å². The second-order valence-electron chi connectivity index (χ2n) is 3.25. The van der Waals surface area contributed by atoms with Gasteiger partial charge in [-0.3, -0.25) is 0 Å². The van der Waals surface area contributed by atoms with Gasteiger partial charge in [0.05, 0.1) is 14.7 Å². The third-order valence-corrected chi connectivity index (χ3v) is 2.84. The molecule has 0 unspecified atom stereocenters. The van der Waals surface area contributed by atoms with Crippen LogP contribution >= 0.6 is 15.9 Å². The summed E-state index contributed by atoms with van der Waals surface area (Å²) in [5.41, 5.74) is 2.19. The van der Waals surface area contributed by atoms with Gasteiger partial charge in [-0.05, 0) is 28.6 Å². The molecular weight excluding hydrogens is 208 g/mol. The van der Waals surface area contributed by atoms with Crippen LogP contribution < -0.4 is 0 Å². The number of halogens is 1. The van der Waals surface area contributed by atoms with Crippen LogP contribution in [0.15, 0.2) is 10.4 Å². The smallest absolute Gasteiger partial charge is 0.154 e. The highest BCUT2D eigenvalue weighted by Crippen LogP contribution is 2.12. The molecule has 0 aromatic rings. The number of ether oxygens (including phenoxy) is 1. The summed E-state index contributed by atoms with van der Waals surface area (Å²) in [5, 5.41) is 0. The van der Waals surface area contributed by atoms with Gasteiger partial charge in [0.2, 0.25) is 0 Å². The van der Waals surface area contributed by atoms with Crippen LogP contribution in [0.3, 0.4) is 0 Å². The summed E-state index contributed by atoms with van der Waals surface area (Å²) in [5.74, 6) is 0. The minimum atomic E-state index is -1.09. The van der Waals surface area contributed by atoms with Crippen LogP contribution in [0.25, 0.3) is 0 Å². The first-order valence-corrected chi connectivity index (χ1v) is 7.84. The van der Waals surface area contributed by atoms with Crippen molar-refractivity contribution in [3.63, 3.8) is 0 Å². The summed E-state index contributed by atoms with van der Waals surface area (Å²) in [6.45, 7) is 9.54. The van der Waals surface area contributed by atoms with Gasteiger partial charge in [-0.1, -0.05) is 19.6 Å². The van der Waals surface area contributed by atoms with Crippen LogP contribution in [0, 0.1) is 0 Å². The minimum Gasteiger partial charge on any atom is -0.488 e. The molecule has 0 N–H and O–H groups in total. The topological polar surface area (TPSA) is 9.23 Å². The summed E-state index contributed by atoms with van der Waals surface area (Å²) in [6, 6.07) is 0. The SMILES string of the molecule is CCO/C(Br)=C/[Si](C)(C)C. The van der Waals surface area contributed by atoms with Crippen molar-refractivity contribution in [3.05, 3.63) is 10.4 Å². The third kappa shape index (κ3) is 6.36. The molecule has 0 amide bonds. The molecule has 0 bridgehead atoms. The van der Waals surface area contributed by atoms with E-state index in [0.717, 1.165) is 11.3 Å². The van der Waals surface area contributed by atoms with Crippen LogP contribution in [0.4, 0.5) is 0 Å². The van der Waals surface area contributed by atoms with Crippen LogP contribution in [-0.4, -0.2) is 14.7 Å². The lowest BCUT2D eigenvalue weighted by atomic mass is 10.9. The van der Waals surface area contributed by atoms with Gasteiger partial charge < -0.3 is 4.74 Å². The molecule has 0 saturated carbocycles.